The molecule has 2 aromatic carbocycles. The highest BCUT2D eigenvalue weighted by Crippen LogP contribution is 2.28. The summed E-state index contributed by atoms with van der Waals surface area (Å²) in [6.45, 7) is 1.94. The Balaban J connectivity index is 1.49. The second-order valence-electron chi connectivity index (χ2n) is 6.58. The molecule has 0 radical (unpaired) electrons. The molecule has 4 rings (SSSR count). The maximum atomic E-state index is 12.5. The molecule has 2 aromatic heterocycles. The molecule has 6 nitrogen and oxygen atoms in total. The van der Waals surface area contributed by atoms with Gasteiger partial charge in [-0.05, 0) is 48.9 Å². The number of amides is 1. The van der Waals surface area contributed by atoms with Crippen molar-refractivity contribution in [1.29, 1.82) is 0 Å². The predicted octanol–water partition coefficient (Wildman–Crippen LogP) is 5.15. The normalized spacial score (nSPS) is 11.9. The molecule has 1 amide bonds. The summed E-state index contributed by atoms with van der Waals surface area (Å²) in [5.74, 6) is 1.31. The third-order valence-electron chi connectivity index (χ3n) is 4.47. The molecule has 0 aliphatic rings. The highest BCUT2D eigenvalue weighted by Gasteiger charge is 2.19. The first kappa shape index (κ1) is 20.3. The lowest BCUT2D eigenvalue weighted by molar-refractivity contribution is -0.119. The second-order valence-corrected chi connectivity index (χ2v) is 7.96. The van der Waals surface area contributed by atoms with E-state index < -0.39 is 0 Å². The van der Waals surface area contributed by atoms with Crippen LogP contribution in [0.3, 0.4) is 0 Å². The Kier molecular flexibility index (Phi) is 6.21. The number of nitrogens with one attached hydrogen (secondary N) is 1. The average Bonchev–Trinajstić information content (AvgIpc) is 3.43. The van der Waals surface area contributed by atoms with E-state index in [9.17, 15) is 4.79 Å². The summed E-state index contributed by atoms with van der Waals surface area (Å²) in [5.41, 5.74) is 1.89. The van der Waals surface area contributed by atoms with E-state index in [1.807, 2.05) is 72.2 Å². The van der Waals surface area contributed by atoms with Gasteiger partial charge in [-0.1, -0.05) is 53.7 Å². The molecule has 4 aromatic rings. The molecular weight excluding hydrogens is 420 g/mol. The highest BCUT2D eigenvalue weighted by molar-refractivity contribution is 7.99. The molecule has 1 atom stereocenters. The van der Waals surface area contributed by atoms with E-state index in [4.69, 9.17) is 16.0 Å². The van der Waals surface area contributed by atoms with Gasteiger partial charge in [-0.15, -0.1) is 10.2 Å². The van der Waals surface area contributed by atoms with E-state index in [1.54, 1.807) is 12.3 Å². The number of carbonyl (C=O) groups is 1. The van der Waals surface area contributed by atoms with E-state index in [1.165, 1.54) is 11.8 Å². The summed E-state index contributed by atoms with van der Waals surface area (Å²) < 4.78 is 7.40. The molecule has 1 N–H and O–H groups in total. The monoisotopic (exact) mass is 438 g/mol. The molecule has 0 saturated heterocycles. The van der Waals surface area contributed by atoms with Gasteiger partial charge in [0.2, 0.25) is 11.7 Å². The van der Waals surface area contributed by atoms with Gasteiger partial charge in [0.1, 0.15) is 0 Å². The SMILES string of the molecule is CC(NC(=O)CSc1nnc(-c2ccco2)n1-c1ccccc1)c1ccc(Cl)cc1. The molecule has 1 unspecified atom stereocenters. The Labute approximate surface area is 183 Å². The van der Waals surface area contributed by atoms with Gasteiger partial charge in [0.05, 0.1) is 18.1 Å². The van der Waals surface area contributed by atoms with Crippen LogP contribution >= 0.6 is 23.4 Å². The van der Waals surface area contributed by atoms with E-state index >= 15 is 0 Å². The van der Waals surface area contributed by atoms with Crippen LogP contribution in [0.1, 0.15) is 18.5 Å². The topological polar surface area (TPSA) is 73.0 Å². The van der Waals surface area contributed by atoms with Crippen molar-refractivity contribution in [2.24, 2.45) is 0 Å². The van der Waals surface area contributed by atoms with Crippen LogP contribution in [0, 0.1) is 0 Å². The third kappa shape index (κ3) is 4.58. The number of carbonyl (C=O) groups excluding carboxylic acids is 1. The van der Waals surface area contributed by atoms with Gasteiger partial charge in [-0.2, -0.15) is 0 Å². The zero-order valence-electron chi connectivity index (χ0n) is 16.2. The van der Waals surface area contributed by atoms with Gasteiger partial charge in [-0.25, -0.2) is 0 Å². The van der Waals surface area contributed by atoms with E-state index in [2.05, 4.69) is 15.5 Å². The summed E-state index contributed by atoms with van der Waals surface area (Å²) >= 11 is 7.25. The number of furan rings is 1. The van der Waals surface area contributed by atoms with Gasteiger partial charge >= 0.3 is 0 Å². The number of hydrogen-bond acceptors (Lipinski definition) is 5. The maximum Gasteiger partial charge on any atom is 0.230 e. The molecule has 30 heavy (non-hydrogen) atoms. The molecule has 2 heterocycles. The van der Waals surface area contributed by atoms with Crippen molar-refractivity contribution >= 4 is 29.3 Å². The number of hydrogen-bond donors (Lipinski definition) is 1. The Bertz CT molecular complexity index is 1110. The first-order chi connectivity index (χ1) is 14.6. The van der Waals surface area contributed by atoms with Gasteiger partial charge in [0.15, 0.2) is 10.9 Å². The average molecular weight is 439 g/mol. The van der Waals surface area contributed by atoms with Crippen LogP contribution in [-0.4, -0.2) is 26.4 Å². The summed E-state index contributed by atoms with van der Waals surface area (Å²) in [7, 11) is 0. The molecule has 0 aliphatic heterocycles. The maximum absolute atomic E-state index is 12.5. The van der Waals surface area contributed by atoms with Crippen LogP contribution in [-0.2, 0) is 4.79 Å². The van der Waals surface area contributed by atoms with Crippen molar-refractivity contribution in [2.75, 3.05) is 5.75 Å². The minimum atomic E-state index is -0.124. The number of halogens is 1. The van der Waals surface area contributed by atoms with Crippen molar-refractivity contribution in [3.63, 3.8) is 0 Å². The molecular formula is C22H19ClN4O2S. The molecule has 152 valence electrons. The fourth-order valence-electron chi connectivity index (χ4n) is 2.99. The van der Waals surface area contributed by atoms with Gasteiger partial charge in [0.25, 0.3) is 0 Å². The van der Waals surface area contributed by atoms with Gasteiger partial charge in [-0.3, -0.25) is 9.36 Å². The van der Waals surface area contributed by atoms with Crippen molar-refractivity contribution in [3.8, 4) is 17.3 Å². The first-order valence-corrected chi connectivity index (χ1v) is 10.7. The highest BCUT2D eigenvalue weighted by atomic mass is 35.5. The van der Waals surface area contributed by atoms with Crippen LogP contribution in [0.5, 0.6) is 0 Å². The quantitative estimate of drug-likeness (QED) is 0.404. The molecule has 8 heteroatoms. The lowest BCUT2D eigenvalue weighted by Crippen LogP contribution is -2.28. The zero-order valence-corrected chi connectivity index (χ0v) is 17.7. The summed E-state index contributed by atoms with van der Waals surface area (Å²) in [6.07, 6.45) is 1.59. The largest absolute Gasteiger partial charge is 0.461 e. The minimum Gasteiger partial charge on any atom is -0.461 e. The minimum absolute atomic E-state index is 0.0930. The lowest BCUT2D eigenvalue weighted by atomic mass is 10.1. The number of nitrogens with zero attached hydrogens (tertiary/aromatic N) is 3. The van der Waals surface area contributed by atoms with Crippen molar-refractivity contribution < 1.29 is 9.21 Å². The standard InChI is InChI=1S/C22H19ClN4O2S/c1-15(16-9-11-17(23)12-10-16)24-20(28)14-30-22-26-25-21(19-8-5-13-29-19)27(22)18-6-3-2-4-7-18/h2-13,15H,14H2,1H3,(H,24,28). The Morgan fingerprint density at radius 2 is 1.87 bits per heavy atom. The van der Waals surface area contributed by atoms with E-state index in [0.29, 0.717) is 21.8 Å². The van der Waals surface area contributed by atoms with Gasteiger partial charge < -0.3 is 9.73 Å². The fourth-order valence-corrected chi connectivity index (χ4v) is 3.88. The predicted molar refractivity (Wildman–Crippen MR) is 118 cm³/mol. The first-order valence-electron chi connectivity index (χ1n) is 9.34. The smallest absolute Gasteiger partial charge is 0.230 e. The Hall–Kier alpha value is -3.03. The van der Waals surface area contributed by atoms with Crippen molar-refractivity contribution in [2.45, 2.75) is 18.1 Å². The van der Waals surface area contributed by atoms with Crippen LogP contribution in [0.15, 0.2) is 82.6 Å². The lowest BCUT2D eigenvalue weighted by Gasteiger charge is -2.14. The van der Waals surface area contributed by atoms with Crippen LogP contribution in [0.4, 0.5) is 0 Å². The van der Waals surface area contributed by atoms with Gasteiger partial charge in [0, 0.05) is 10.7 Å². The van der Waals surface area contributed by atoms with E-state index in [0.717, 1.165) is 11.3 Å². The van der Waals surface area contributed by atoms with Crippen molar-refractivity contribution in [1.82, 2.24) is 20.1 Å². The van der Waals surface area contributed by atoms with E-state index in [-0.39, 0.29) is 17.7 Å². The summed E-state index contributed by atoms with van der Waals surface area (Å²) in [5, 5.41) is 12.9. The Morgan fingerprint density at radius 1 is 1.10 bits per heavy atom. The molecule has 0 fully saturated rings. The number of thioether (sulfide) groups is 1. The number of aromatic nitrogens is 3. The summed E-state index contributed by atoms with van der Waals surface area (Å²) in [4.78, 5) is 12.5. The molecule has 0 saturated carbocycles. The Morgan fingerprint density at radius 3 is 2.57 bits per heavy atom. The summed E-state index contributed by atoms with van der Waals surface area (Å²) in [6, 6.07) is 20.7. The zero-order chi connectivity index (χ0) is 20.9. The molecule has 0 aliphatic carbocycles. The molecule has 0 spiro atoms. The third-order valence-corrected chi connectivity index (χ3v) is 5.65. The number of para-hydroxylation sites is 1. The van der Waals surface area contributed by atoms with Crippen LogP contribution in [0.25, 0.3) is 17.3 Å². The molecule has 0 bridgehead atoms. The number of rotatable bonds is 7. The van der Waals surface area contributed by atoms with Crippen LogP contribution < -0.4 is 5.32 Å². The van der Waals surface area contributed by atoms with Crippen molar-refractivity contribution in [3.05, 3.63) is 83.6 Å². The van der Waals surface area contributed by atoms with Crippen LogP contribution in [0.2, 0.25) is 5.02 Å². The second kappa shape index (κ2) is 9.19. The number of benzene rings is 2. The fraction of sp³-hybridized carbons (Fsp3) is 0.136.